The van der Waals surface area contributed by atoms with Crippen LogP contribution in [-0.4, -0.2) is 19.1 Å². The summed E-state index contributed by atoms with van der Waals surface area (Å²) < 4.78 is 5.17. The fraction of sp³-hybridized carbons (Fsp3) is 0.0952. The highest BCUT2D eigenvalue weighted by atomic mass is 32.2. The van der Waals surface area contributed by atoms with Crippen molar-refractivity contribution in [3.05, 3.63) is 83.9 Å². The van der Waals surface area contributed by atoms with Crippen molar-refractivity contribution in [2.45, 2.75) is 14.7 Å². The Balaban J connectivity index is 1.76. The van der Waals surface area contributed by atoms with Crippen molar-refractivity contribution in [1.29, 1.82) is 0 Å². The van der Waals surface area contributed by atoms with Crippen LogP contribution in [0.25, 0.3) is 0 Å². The number of methoxy groups -OCH3 is 1. The van der Waals surface area contributed by atoms with Crippen LogP contribution < -0.4 is 4.74 Å². The van der Waals surface area contributed by atoms with Crippen molar-refractivity contribution >= 4 is 29.3 Å². The first-order valence-electron chi connectivity index (χ1n) is 7.81. The molecule has 2 nitrogen and oxygen atoms in total. The Labute approximate surface area is 156 Å². The summed E-state index contributed by atoms with van der Waals surface area (Å²) in [4.78, 5) is 16.0. The number of carbonyl (C=O) groups excluding carboxylic acids is 1. The Bertz CT molecular complexity index is 856. The molecular formula is C21H18O2S2. The number of benzene rings is 3. The Morgan fingerprint density at radius 1 is 0.840 bits per heavy atom. The molecule has 0 unspecified atom stereocenters. The first-order chi connectivity index (χ1) is 12.2. The molecule has 0 saturated carbocycles. The molecule has 0 spiro atoms. The molecule has 0 amide bonds. The lowest BCUT2D eigenvalue weighted by molar-refractivity contribution is 0.103. The van der Waals surface area contributed by atoms with Gasteiger partial charge >= 0.3 is 0 Å². The lowest BCUT2D eigenvalue weighted by atomic mass is 10.0. The lowest BCUT2D eigenvalue weighted by Gasteiger charge is -2.07. The van der Waals surface area contributed by atoms with Gasteiger partial charge in [0.05, 0.1) is 7.11 Å². The van der Waals surface area contributed by atoms with Gasteiger partial charge in [-0.25, -0.2) is 0 Å². The summed E-state index contributed by atoms with van der Waals surface area (Å²) >= 11 is 3.25. The van der Waals surface area contributed by atoms with Crippen molar-refractivity contribution in [3.63, 3.8) is 0 Å². The number of ether oxygens (including phenoxy) is 1. The zero-order valence-corrected chi connectivity index (χ0v) is 15.7. The molecule has 4 heteroatoms. The van der Waals surface area contributed by atoms with Gasteiger partial charge in [-0.2, -0.15) is 0 Å². The number of rotatable bonds is 6. The minimum atomic E-state index is 0.0611. The van der Waals surface area contributed by atoms with Crippen LogP contribution >= 0.6 is 23.5 Å². The van der Waals surface area contributed by atoms with Crippen LogP contribution in [0.3, 0.4) is 0 Å². The average Bonchev–Trinajstić information content (AvgIpc) is 2.68. The second-order valence-electron chi connectivity index (χ2n) is 5.33. The highest BCUT2D eigenvalue weighted by molar-refractivity contribution is 7.99. The molecule has 0 atom stereocenters. The predicted molar refractivity (Wildman–Crippen MR) is 105 cm³/mol. The topological polar surface area (TPSA) is 26.3 Å². The molecule has 0 aliphatic rings. The van der Waals surface area contributed by atoms with E-state index in [-0.39, 0.29) is 5.78 Å². The fourth-order valence-electron chi connectivity index (χ4n) is 2.44. The van der Waals surface area contributed by atoms with Gasteiger partial charge in [-0.3, -0.25) is 4.79 Å². The van der Waals surface area contributed by atoms with E-state index < -0.39 is 0 Å². The third-order valence-corrected chi connectivity index (χ3v) is 5.57. The van der Waals surface area contributed by atoms with Crippen LogP contribution in [0.1, 0.15) is 15.9 Å². The molecule has 0 N–H and O–H groups in total. The van der Waals surface area contributed by atoms with Gasteiger partial charge in [-0.1, -0.05) is 23.9 Å². The molecule has 0 radical (unpaired) electrons. The molecule has 126 valence electrons. The van der Waals surface area contributed by atoms with Crippen molar-refractivity contribution in [1.82, 2.24) is 0 Å². The van der Waals surface area contributed by atoms with E-state index in [0.29, 0.717) is 5.56 Å². The molecule has 0 saturated heterocycles. The second kappa shape index (κ2) is 8.28. The van der Waals surface area contributed by atoms with Gasteiger partial charge in [-0.15, -0.1) is 11.8 Å². The van der Waals surface area contributed by atoms with Crippen LogP contribution in [0.15, 0.2) is 87.5 Å². The normalized spacial score (nSPS) is 10.5. The SMILES string of the molecule is COc1ccc(Sc2ccc(C(=O)c3ccccc3SC)cc2)cc1. The third-order valence-electron chi connectivity index (χ3n) is 3.76. The third kappa shape index (κ3) is 4.27. The predicted octanol–water partition coefficient (Wildman–Crippen LogP) is 5.80. The molecule has 25 heavy (non-hydrogen) atoms. The minimum Gasteiger partial charge on any atom is -0.497 e. The van der Waals surface area contributed by atoms with Crippen LogP contribution in [-0.2, 0) is 0 Å². The summed E-state index contributed by atoms with van der Waals surface area (Å²) in [7, 11) is 1.66. The Morgan fingerprint density at radius 2 is 1.44 bits per heavy atom. The zero-order valence-electron chi connectivity index (χ0n) is 14.1. The summed E-state index contributed by atoms with van der Waals surface area (Å²) in [5.41, 5.74) is 1.46. The van der Waals surface area contributed by atoms with Crippen molar-refractivity contribution in [2.24, 2.45) is 0 Å². The van der Waals surface area contributed by atoms with E-state index in [1.807, 2.05) is 79.1 Å². The van der Waals surface area contributed by atoms with E-state index in [4.69, 9.17) is 4.74 Å². The number of hydrogen-bond acceptors (Lipinski definition) is 4. The van der Waals surface area contributed by atoms with Gasteiger partial charge in [0, 0.05) is 25.8 Å². The summed E-state index contributed by atoms with van der Waals surface area (Å²) in [5.74, 6) is 0.906. The standard InChI is InChI=1S/C21H18O2S2/c1-23-16-9-13-18(14-10-16)25-17-11-7-15(8-12-17)21(22)19-5-3-4-6-20(19)24-2/h3-14H,1-2H3. The highest BCUT2D eigenvalue weighted by Gasteiger charge is 2.12. The molecule has 0 aliphatic carbocycles. The maximum Gasteiger partial charge on any atom is 0.194 e. The Hall–Kier alpha value is -2.17. The van der Waals surface area contributed by atoms with Gasteiger partial charge in [-0.05, 0) is 66.9 Å². The number of carbonyl (C=O) groups is 1. The summed E-state index contributed by atoms with van der Waals surface area (Å²) in [5, 5.41) is 0. The minimum absolute atomic E-state index is 0.0611. The van der Waals surface area contributed by atoms with E-state index in [9.17, 15) is 4.79 Å². The van der Waals surface area contributed by atoms with Crippen LogP contribution in [0.4, 0.5) is 0 Å². The maximum absolute atomic E-state index is 12.7. The van der Waals surface area contributed by atoms with Crippen molar-refractivity contribution in [2.75, 3.05) is 13.4 Å². The van der Waals surface area contributed by atoms with E-state index in [2.05, 4.69) is 0 Å². The molecule has 0 fully saturated rings. The quantitative estimate of drug-likeness (QED) is 0.407. The van der Waals surface area contributed by atoms with Gasteiger partial charge in [0.15, 0.2) is 5.78 Å². The smallest absolute Gasteiger partial charge is 0.194 e. The molecule has 0 aliphatic heterocycles. The second-order valence-corrected chi connectivity index (χ2v) is 7.33. The summed E-state index contributed by atoms with van der Waals surface area (Å²) in [6, 6.07) is 23.4. The molecule has 3 aromatic rings. The summed E-state index contributed by atoms with van der Waals surface area (Å²) in [6.45, 7) is 0. The van der Waals surface area contributed by atoms with Crippen molar-refractivity contribution in [3.8, 4) is 5.75 Å². The Kier molecular flexibility index (Phi) is 5.84. The Morgan fingerprint density at radius 3 is 2.04 bits per heavy atom. The molecule has 3 rings (SSSR count). The largest absolute Gasteiger partial charge is 0.497 e. The van der Waals surface area contributed by atoms with Gasteiger partial charge in [0.25, 0.3) is 0 Å². The van der Waals surface area contributed by atoms with Crippen molar-refractivity contribution < 1.29 is 9.53 Å². The monoisotopic (exact) mass is 366 g/mol. The summed E-state index contributed by atoms with van der Waals surface area (Å²) in [6.07, 6.45) is 1.99. The van der Waals surface area contributed by atoms with E-state index in [1.165, 1.54) is 0 Å². The van der Waals surface area contributed by atoms with Gasteiger partial charge < -0.3 is 4.74 Å². The van der Waals surface area contributed by atoms with Crippen LogP contribution in [0.2, 0.25) is 0 Å². The van der Waals surface area contributed by atoms with Gasteiger partial charge in [0.1, 0.15) is 5.75 Å². The fourth-order valence-corrected chi connectivity index (χ4v) is 3.85. The van der Waals surface area contributed by atoms with Crippen LogP contribution in [0, 0.1) is 0 Å². The molecular weight excluding hydrogens is 348 g/mol. The number of thioether (sulfide) groups is 1. The zero-order chi connectivity index (χ0) is 17.6. The highest BCUT2D eigenvalue weighted by Crippen LogP contribution is 2.30. The molecule has 0 bridgehead atoms. The van der Waals surface area contributed by atoms with Gasteiger partial charge in [0.2, 0.25) is 0 Å². The molecule has 0 heterocycles. The van der Waals surface area contributed by atoms with E-state index >= 15 is 0 Å². The number of hydrogen-bond donors (Lipinski definition) is 0. The average molecular weight is 367 g/mol. The number of ketones is 1. The maximum atomic E-state index is 12.7. The van der Waals surface area contributed by atoms with E-state index in [1.54, 1.807) is 30.6 Å². The first-order valence-corrected chi connectivity index (χ1v) is 9.85. The molecule has 3 aromatic carbocycles. The molecule has 0 aromatic heterocycles. The lowest BCUT2D eigenvalue weighted by Crippen LogP contribution is -2.02. The first kappa shape index (κ1) is 17.6. The van der Waals surface area contributed by atoms with E-state index in [0.717, 1.165) is 26.0 Å². The van der Waals surface area contributed by atoms with Crippen LogP contribution in [0.5, 0.6) is 5.75 Å².